The van der Waals surface area contributed by atoms with Crippen molar-refractivity contribution in [2.75, 3.05) is 25.6 Å². The van der Waals surface area contributed by atoms with Crippen LogP contribution in [0.15, 0.2) is 41.1 Å². The van der Waals surface area contributed by atoms with Crippen LogP contribution in [-0.4, -0.2) is 40.5 Å². The van der Waals surface area contributed by atoms with E-state index in [0.717, 1.165) is 35.8 Å². The zero-order valence-electron chi connectivity index (χ0n) is 16.2. The summed E-state index contributed by atoms with van der Waals surface area (Å²) in [5, 5.41) is 23.0. The lowest BCUT2D eigenvalue weighted by Gasteiger charge is -2.15. The molecule has 29 heavy (non-hydrogen) atoms. The Bertz CT molecular complexity index is 968. The average Bonchev–Trinajstić information content (AvgIpc) is 2.72. The van der Waals surface area contributed by atoms with Crippen LogP contribution in [0, 0.1) is 0 Å². The maximum Gasteiger partial charge on any atom is 0.162 e. The van der Waals surface area contributed by atoms with Gasteiger partial charge in [-0.05, 0) is 43.5 Å². The molecule has 1 aromatic heterocycles. The number of fused-ring (bicyclic) bond motifs is 1. The number of rotatable bonds is 10. The Hall–Kier alpha value is -2.58. The third-order valence-corrected chi connectivity index (χ3v) is 4.93. The molecule has 0 aliphatic carbocycles. The molecule has 0 spiro atoms. The highest BCUT2D eigenvalue weighted by atomic mass is 79.9. The average molecular weight is 462 g/mol. The molecule has 0 radical (unpaired) electrons. The summed E-state index contributed by atoms with van der Waals surface area (Å²) in [5.74, 6) is 1.64. The monoisotopic (exact) mass is 461 g/mol. The smallest absolute Gasteiger partial charge is 0.162 e. The lowest BCUT2D eigenvalue weighted by Crippen LogP contribution is -2.02. The number of aliphatic hydroxyl groups excluding tert-OH is 1. The molecular formula is C21H24BrN3O4. The normalized spacial score (nSPS) is 10.9. The van der Waals surface area contributed by atoms with Gasteiger partial charge in [-0.3, -0.25) is 0 Å². The van der Waals surface area contributed by atoms with Gasteiger partial charge in [0.1, 0.15) is 17.9 Å². The number of nitrogens with zero attached hydrogens (tertiary/aromatic N) is 2. The Morgan fingerprint density at radius 2 is 1.86 bits per heavy atom. The van der Waals surface area contributed by atoms with Gasteiger partial charge in [0.25, 0.3) is 0 Å². The number of methoxy groups -OCH3 is 1. The number of benzene rings is 2. The summed E-state index contributed by atoms with van der Waals surface area (Å²) in [5.41, 5.74) is 1.41. The first-order chi connectivity index (χ1) is 14.1. The van der Waals surface area contributed by atoms with Crippen LogP contribution in [0.2, 0.25) is 0 Å². The van der Waals surface area contributed by atoms with E-state index < -0.39 is 0 Å². The molecule has 0 unspecified atom stereocenters. The molecule has 0 saturated heterocycles. The van der Waals surface area contributed by atoms with Crippen LogP contribution in [-0.2, 0) is 0 Å². The van der Waals surface area contributed by atoms with Crippen molar-refractivity contribution >= 4 is 38.3 Å². The molecule has 2 aromatic carbocycles. The largest absolute Gasteiger partial charge is 0.504 e. The lowest BCUT2D eigenvalue weighted by atomic mass is 10.2. The molecule has 0 saturated carbocycles. The molecule has 3 N–H and O–H groups in total. The number of hydrogen-bond acceptors (Lipinski definition) is 7. The third kappa shape index (κ3) is 5.48. The predicted octanol–water partition coefficient (Wildman–Crippen LogP) is 4.78. The number of unbranched alkanes of at least 4 members (excludes halogenated alkanes) is 3. The van der Waals surface area contributed by atoms with E-state index >= 15 is 0 Å². The molecule has 3 aromatic rings. The van der Waals surface area contributed by atoms with Crippen molar-refractivity contribution in [3.05, 3.63) is 41.1 Å². The number of aromatic nitrogens is 2. The van der Waals surface area contributed by atoms with Crippen LogP contribution < -0.4 is 14.8 Å². The van der Waals surface area contributed by atoms with Crippen LogP contribution in [0.1, 0.15) is 25.7 Å². The molecule has 0 aliphatic heterocycles. The van der Waals surface area contributed by atoms with Crippen LogP contribution in [0.3, 0.4) is 0 Å². The molecular weight excluding hydrogens is 438 g/mol. The van der Waals surface area contributed by atoms with Gasteiger partial charge in [0.15, 0.2) is 11.5 Å². The summed E-state index contributed by atoms with van der Waals surface area (Å²) in [6, 6.07) is 8.97. The molecule has 8 heteroatoms. The van der Waals surface area contributed by atoms with Crippen LogP contribution in [0.4, 0.5) is 11.5 Å². The predicted molar refractivity (Wildman–Crippen MR) is 116 cm³/mol. The molecule has 0 fully saturated rings. The molecule has 1 heterocycles. The summed E-state index contributed by atoms with van der Waals surface area (Å²) in [6.07, 6.45) is 5.20. The second-order valence-electron chi connectivity index (χ2n) is 6.52. The second kappa shape index (κ2) is 10.3. The number of aliphatic hydroxyl groups is 1. The van der Waals surface area contributed by atoms with E-state index in [1.165, 1.54) is 13.4 Å². The SMILES string of the molecule is COc1cc2ncnc(Nc3cc(Br)ccc3OCCCCCCO)c2cc1O. The fourth-order valence-corrected chi connectivity index (χ4v) is 3.30. The Labute approximate surface area is 177 Å². The zero-order valence-corrected chi connectivity index (χ0v) is 17.8. The Morgan fingerprint density at radius 1 is 1.03 bits per heavy atom. The highest BCUT2D eigenvalue weighted by Gasteiger charge is 2.12. The Morgan fingerprint density at radius 3 is 2.66 bits per heavy atom. The van der Waals surface area contributed by atoms with Gasteiger partial charge in [0, 0.05) is 22.5 Å². The fourth-order valence-electron chi connectivity index (χ4n) is 2.94. The Balaban J connectivity index is 1.81. The quantitative estimate of drug-likeness (QED) is 0.373. The number of halogens is 1. The third-order valence-electron chi connectivity index (χ3n) is 4.44. The first kappa shape index (κ1) is 21.1. The second-order valence-corrected chi connectivity index (χ2v) is 7.43. The summed E-state index contributed by atoms with van der Waals surface area (Å²) in [7, 11) is 1.50. The van der Waals surface area contributed by atoms with Crippen molar-refractivity contribution < 1.29 is 19.7 Å². The van der Waals surface area contributed by atoms with E-state index in [1.807, 2.05) is 18.2 Å². The molecule has 0 atom stereocenters. The maximum absolute atomic E-state index is 10.1. The van der Waals surface area contributed by atoms with Gasteiger partial charge in [-0.25, -0.2) is 9.97 Å². The minimum Gasteiger partial charge on any atom is -0.504 e. The highest BCUT2D eigenvalue weighted by molar-refractivity contribution is 9.10. The number of phenolic OH excluding ortho intramolecular Hbond substituents is 1. The van der Waals surface area contributed by atoms with E-state index in [2.05, 4.69) is 31.2 Å². The number of anilines is 2. The minimum absolute atomic E-state index is 0.0199. The maximum atomic E-state index is 10.1. The van der Waals surface area contributed by atoms with Crippen molar-refractivity contribution in [2.45, 2.75) is 25.7 Å². The van der Waals surface area contributed by atoms with E-state index in [4.69, 9.17) is 14.6 Å². The lowest BCUT2D eigenvalue weighted by molar-refractivity contribution is 0.274. The van der Waals surface area contributed by atoms with Crippen LogP contribution >= 0.6 is 15.9 Å². The van der Waals surface area contributed by atoms with Gasteiger partial charge in [0.05, 0.1) is 24.9 Å². The molecule has 154 valence electrons. The number of hydrogen-bond donors (Lipinski definition) is 3. The van der Waals surface area contributed by atoms with Crippen molar-refractivity contribution in [2.24, 2.45) is 0 Å². The highest BCUT2D eigenvalue weighted by Crippen LogP contribution is 2.36. The summed E-state index contributed by atoms with van der Waals surface area (Å²) >= 11 is 3.49. The standard InChI is InChI=1S/C21H24BrN3O4/c1-28-20-12-16-15(11-18(20)27)21(24-13-23-16)25-17-10-14(22)6-7-19(17)29-9-5-3-2-4-8-26/h6-7,10-13,26-27H,2-5,8-9H2,1H3,(H,23,24,25). The molecule has 0 aliphatic rings. The van der Waals surface area contributed by atoms with Crippen LogP contribution in [0.5, 0.6) is 17.2 Å². The van der Waals surface area contributed by atoms with E-state index in [1.54, 1.807) is 12.1 Å². The summed E-state index contributed by atoms with van der Waals surface area (Å²) in [6.45, 7) is 0.820. The number of aromatic hydroxyl groups is 1. The van der Waals surface area contributed by atoms with E-state index in [9.17, 15) is 5.11 Å². The summed E-state index contributed by atoms with van der Waals surface area (Å²) in [4.78, 5) is 8.59. The number of ether oxygens (including phenoxy) is 2. The first-order valence-corrected chi connectivity index (χ1v) is 10.2. The Kier molecular flexibility index (Phi) is 7.48. The number of nitrogens with one attached hydrogen (secondary N) is 1. The van der Waals surface area contributed by atoms with E-state index in [-0.39, 0.29) is 12.4 Å². The minimum atomic E-state index is 0.0199. The number of phenols is 1. The summed E-state index contributed by atoms with van der Waals surface area (Å²) < 4.78 is 12.0. The van der Waals surface area contributed by atoms with Gasteiger partial charge in [-0.2, -0.15) is 0 Å². The van der Waals surface area contributed by atoms with E-state index in [0.29, 0.717) is 34.8 Å². The van der Waals surface area contributed by atoms with Gasteiger partial charge in [-0.1, -0.05) is 22.4 Å². The van der Waals surface area contributed by atoms with Gasteiger partial charge >= 0.3 is 0 Å². The molecule has 3 rings (SSSR count). The van der Waals surface area contributed by atoms with Crippen molar-refractivity contribution in [1.82, 2.24) is 9.97 Å². The van der Waals surface area contributed by atoms with Gasteiger partial charge in [-0.15, -0.1) is 0 Å². The van der Waals surface area contributed by atoms with Crippen molar-refractivity contribution in [3.8, 4) is 17.2 Å². The van der Waals surface area contributed by atoms with Crippen molar-refractivity contribution in [3.63, 3.8) is 0 Å². The molecule has 0 amide bonds. The molecule has 0 bridgehead atoms. The van der Waals surface area contributed by atoms with Gasteiger partial charge < -0.3 is 25.0 Å². The topological polar surface area (TPSA) is 96.7 Å². The molecule has 7 nitrogen and oxygen atoms in total. The van der Waals surface area contributed by atoms with Crippen LogP contribution in [0.25, 0.3) is 10.9 Å². The fraction of sp³-hybridized carbons (Fsp3) is 0.333. The first-order valence-electron chi connectivity index (χ1n) is 9.44. The zero-order chi connectivity index (χ0) is 20.6. The van der Waals surface area contributed by atoms with Crippen molar-refractivity contribution in [1.29, 1.82) is 0 Å². The van der Waals surface area contributed by atoms with Gasteiger partial charge in [0.2, 0.25) is 0 Å².